The average Bonchev–Trinajstić information content (AvgIpc) is 2.15. The zero-order chi connectivity index (χ0) is 10.4. The molecule has 0 spiro atoms. The second-order valence-electron chi connectivity index (χ2n) is 4.33. The summed E-state index contributed by atoms with van der Waals surface area (Å²) in [5, 5.41) is 13.0. The summed E-state index contributed by atoms with van der Waals surface area (Å²) in [6.07, 6.45) is 4.60. The second kappa shape index (κ2) is 6.38. The van der Waals surface area contributed by atoms with Crippen molar-refractivity contribution in [3.05, 3.63) is 0 Å². The highest BCUT2D eigenvalue weighted by atomic mass is 16.5. The predicted molar refractivity (Wildman–Crippen MR) is 57.4 cm³/mol. The Balaban J connectivity index is 2.04. The van der Waals surface area contributed by atoms with E-state index >= 15 is 0 Å². The van der Waals surface area contributed by atoms with Crippen molar-refractivity contribution in [3.63, 3.8) is 0 Å². The fraction of sp³-hybridized carbons (Fsp3) is 1.00. The molecule has 3 nitrogen and oxygen atoms in total. The van der Waals surface area contributed by atoms with E-state index in [2.05, 4.69) is 5.32 Å². The molecule has 0 bridgehead atoms. The summed E-state index contributed by atoms with van der Waals surface area (Å²) in [5.41, 5.74) is 0. The molecular weight excluding hydrogens is 178 g/mol. The molecule has 0 aromatic rings. The topological polar surface area (TPSA) is 41.5 Å². The molecule has 0 radical (unpaired) electrons. The molecule has 1 saturated carbocycles. The van der Waals surface area contributed by atoms with Gasteiger partial charge in [-0.3, -0.25) is 0 Å². The minimum absolute atomic E-state index is 0.150. The summed E-state index contributed by atoms with van der Waals surface area (Å²) in [6.45, 7) is 5.66. The summed E-state index contributed by atoms with van der Waals surface area (Å²) in [7, 11) is 0. The molecule has 0 aromatic heterocycles. The van der Waals surface area contributed by atoms with Crippen LogP contribution < -0.4 is 5.32 Å². The van der Waals surface area contributed by atoms with Crippen molar-refractivity contribution >= 4 is 0 Å². The van der Waals surface area contributed by atoms with Crippen LogP contribution in [0.5, 0.6) is 0 Å². The van der Waals surface area contributed by atoms with Gasteiger partial charge in [0.2, 0.25) is 0 Å². The van der Waals surface area contributed by atoms with Gasteiger partial charge in [0, 0.05) is 12.6 Å². The van der Waals surface area contributed by atoms with Gasteiger partial charge in [-0.2, -0.15) is 0 Å². The van der Waals surface area contributed by atoms with Gasteiger partial charge < -0.3 is 15.2 Å². The van der Waals surface area contributed by atoms with E-state index in [0.717, 1.165) is 26.0 Å². The first-order chi connectivity index (χ1) is 6.70. The van der Waals surface area contributed by atoms with E-state index in [1.54, 1.807) is 0 Å². The van der Waals surface area contributed by atoms with Crippen LogP contribution in [0.15, 0.2) is 0 Å². The zero-order valence-electron chi connectivity index (χ0n) is 9.33. The normalized spacial score (nSPS) is 28.3. The van der Waals surface area contributed by atoms with Gasteiger partial charge in [-0.15, -0.1) is 0 Å². The highest BCUT2D eigenvalue weighted by molar-refractivity contribution is 4.79. The number of hydrogen-bond donors (Lipinski definition) is 2. The first-order valence-corrected chi connectivity index (χ1v) is 5.73. The minimum atomic E-state index is -0.150. The van der Waals surface area contributed by atoms with E-state index in [-0.39, 0.29) is 6.10 Å². The summed E-state index contributed by atoms with van der Waals surface area (Å²) < 4.78 is 5.42. The van der Waals surface area contributed by atoms with Crippen LogP contribution in [0.1, 0.15) is 39.5 Å². The summed E-state index contributed by atoms with van der Waals surface area (Å²) in [4.78, 5) is 0. The Morgan fingerprint density at radius 2 is 2.07 bits per heavy atom. The van der Waals surface area contributed by atoms with Gasteiger partial charge in [0.25, 0.3) is 0 Å². The number of rotatable bonds is 5. The number of aliphatic hydroxyl groups excluding tert-OH is 1. The standard InChI is InChI=1S/C11H23NO2/c1-9(2)14-8-7-12-10-5-3-4-6-11(10)13/h9-13H,3-8H2,1-2H3/t10-,11-/m0/s1. The smallest absolute Gasteiger partial charge is 0.0693 e. The molecular formula is C11H23NO2. The molecule has 0 aromatic carbocycles. The molecule has 1 aliphatic carbocycles. The SMILES string of the molecule is CC(C)OCCN[C@H]1CCCC[C@@H]1O. The van der Waals surface area contributed by atoms with Crippen LogP contribution in [0.4, 0.5) is 0 Å². The largest absolute Gasteiger partial charge is 0.392 e. The van der Waals surface area contributed by atoms with Gasteiger partial charge in [-0.05, 0) is 26.7 Å². The molecule has 14 heavy (non-hydrogen) atoms. The third-order valence-corrected chi connectivity index (χ3v) is 2.69. The molecule has 0 unspecified atom stereocenters. The summed E-state index contributed by atoms with van der Waals surface area (Å²) in [6, 6.07) is 0.291. The summed E-state index contributed by atoms with van der Waals surface area (Å²) in [5.74, 6) is 0. The van der Waals surface area contributed by atoms with E-state index < -0.39 is 0 Å². The van der Waals surface area contributed by atoms with Gasteiger partial charge >= 0.3 is 0 Å². The molecule has 1 aliphatic rings. The van der Waals surface area contributed by atoms with Crippen molar-refractivity contribution in [2.24, 2.45) is 0 Å². The van der Waals surface area contributed by atoms with Crippen LogP contribution in [0.25, 0.3) is 0 Å². The predicted octanol–water partition coefficient (Wildman–Crippen LogP) is 1.30. The highest BCUT2D eigenvalue weighted by Crippen LogP contribution is 2.17. The fourth-order valence-corrected chi connectivity index (χ4v) is 1.89. The van der Waals surface area contributed by atoms with Crippen LogP contribution in [-0.2, 0) is 4.74 Å². The molecule has 2 atom stereocenters. The van der Waals surface area contributed by atoms with Crippen LogP contribution in [0.3, 0.4) is 0 Å². The Morgan fingerprint density at radius 3 is 2.71 bits per heavy atom. The molecule has 2 N–H and O–H groups in total. The van der Waals surface area contributed by atoms with E-state index in [0.29, 0.717) is 12.1 Å². The van der Waals surface area contributed by atoms with Crippen LogP contribution in [0.2, 0.25) is 0 Å². The third kappa shape index (κ3) is 4.40. The maximum Gasteiger partial charge on any atom is 0.0693 e. The number of aliphatic hydroxyl groups is 1. The van der Waals surface area contributed by atoms with Gasteiger partial charge in [0.05, 0.1) is 18.8 Å². The summed E-state index contributed by atoms with van der Waals surface area (Å²) >= 11 is 0. The lowest BCUT2D eigenvalue weighted by Crippen LogP contribution is -2.43. The molecule has 0 heterocycles. The van der Waals surface area contributed by atoms with Gasteiger partial charge in [0.15, 0.2) is 0 Å². The maximum atomic E-state index is 9.67. The van der Waals surface area contributed by atoms with Crippen molar-refractivity contribution in [3.8, 4) is 0 Å². The van der Waals surface area contributed by atoms with Crippen molar-refractivity contribution in [1.82, 2.24) is 5.32 Å². The first kappa shape index (κ1) is 12.0. The lowest BCUT2D eigenvalue weighted by molar-refractivity contribution is 0.0618. The Bertz CT molecular complexity index is 150. The maximum absolute atomic E-state index is 9.67. The number of hydrogen-bond acceptors (Lipinski definition) is 3. The van der Waals surface area contributed by atoms with Crippen LogP contribution >= 0.6 is 0 Å². The first-order valence-electron chi connectivity index (χ1n) is 5.73. The third-order valence-electron chi connectivity index (χ3n) is 2.69. The Labute approximate surface area is 86.8 Å². The van der Waals surface area contributed by atoms with E-state index in [1.807, 2.05) is 13.8 Å². The average molecular weight is 201 g/mol. The molecule has 0 saturated heterocycles. The zero-order valence-corrected chi connectivity index (χ0v) is 9.33. The van der Waals surface area contributed by atoms with Gasteiger partial charge in [0.1, 0.15) is 0 Å². The quantitative estimate of drug-likeness (QED) is 0.659. The van der Waals surface area contributed by atoms with Crippen LogP contribution in [0, 0.1) is 0 Å². The Morgan fingerprint density at radius 1 is 1.36 bits per heavy atom. The minimum Gasteiger partial charge on any atom is -0.392 e. The Kier molecular flexibility index (Phi) is 5.45. The van der Waals surface area contributed by atoms with Gasteiger partial charge in [-0.1, -0.05) is 12.8 Å². The van der Waals surface area contributed by atoms with Crippen molar-refractivity contribution < 1.29 is 9.84 Å². The number of ether oxygens (including phenoxy) is 1. The van der Waals surface area contributed by atoms with E-state index in [4.69, 9.17) is 4.74 Å². The second-order valence-corrected chi connectivity index (χ2v) is 4.33. The van der Waals surface area contributed by atoms with Crippen LogP contribution in [-0.4, -0.2) is 36.5 Å². The molecule has 1 fully saturated rings. The molecule has 3 heteroatoms. The highest BCUT2D eigenvalue weighted by Gasteiger charge is 2.21. The molecule has 0 aliphatic heterocycles. The lowest BCUT2D eigenvalue weighted by atomic mass is 9.93. The lowest BCUT2D eigenvalue weighted by Gasteiger charge is -2.28. The monoisotopic (exact) mass is 201 g/mol. The molecule has 1 rings (SSSR count). The molecule has 0 amide bonds. The van der Waals surface area contributed by atoms with E-state index in [1.165, 1.54) is 12.8 Å². The van der Waals surface area contributed by atoms with Gasteiger partial charge in [-0.25, -0.2) is 0 Å². The Hall–Kier alpha value is -0.120. The van der Waals surface area contributed by atoms with Crippen molar-refractivity contribution in [2.45, 2.75) is 57.8 Å². The number of nitrogens with one attached hydrogen (secondary N) is 1. The fourth-order valence-electron chi connectivity index (χ4n) is 1.89. The van der Waals surface area contributed by atoms with Crippen molar-refractivity contribution in [2.75, 3.05) is 13.2 Å². The van der Waals surface area contributed by atoms with E-state index in [9.17, 15) is 5.11 Å². The molecule has 84 valence electrons. The van der Waals surface area contributed by atoms with Crippen molar-refractivity contribution in [1.29, 1.82) is 0 Å².